The molecule has 0 spiro atoms. The number of carbonyl (C=O) groups is 1. The van der Waals surface area contributed by atoms with Gasteiger partial charge in [0.25, 0.3) is 0 Å². The van der Waals surface area contributed by atoms with Gasteiger partial charge in [-0.05, 0) is 43.5 Å². The summed E-state index contributed by atoms with van der Waals surface area (Å²) in [4.78, 5) is 16.7. The van der Waals surface area contributed by atoms with Gasteiger partial charge in [-0.25, -0.2) is 0 Å². The topological polar surface area (TPSA) is 44.8 Å². The summed E-state index contributed by atoms with van der Waals surface area (Å²) < 4.78 is 22.2. The number of rotatable bonds is 5. The maximum atomic E-state index is 12.1. The number of ether oxygens (including phenoxy) is 1. The molecule has 1 amide bonds. The van der Waals surface area contributed by atoms with Crippen LogP contribution < -0.4 is 15.0 Å². The maximum absolute atomic E-state index is 12.1. The number of nitrogens with zero attached hydrogens (tertiary/aromatic N) is 2. The maximum Gasteiger partial charge on any atom is 0.243 e. The van der Waals surface area contributed by atoms with Crippen LogP contribution >= 0.6 is 0 Å². The molecule has 0 aliphatic carbocycles. The van der Waals surface area contributed by atoms with Crippen molar-refractivity contribution in [3.63, 3.8) is 0 Å². The van der Waals surface area contributed by atoms with Gasteiger partial charge in [0.1, 0.15) is 5.75 Å². The molecule has 1 fully saturated rings. The quantitative estimate of drug-likeness (QED) is 0.865. The third-order valence-electron chi connectivity index (χ3n) is 6.14. The van der Waals surface area contributed by atoms with Crippen molar-refractivity contribution < 1.29 is 12.3 Å². The summed E-state index contributed by atoms with van der Waals surface area (Å²) in [5, 5.41) is 3.00. The zero-order valence-electron chi connectivity index (χ0n) is 18.1. The average molecular weight is 380 g/mol. The van der Waals surface area contributed by atoms with E-state index in [1.807, 2.05) is 43.3 Å². The van der Waals surface area contributed by atoms with Crippen LogP contribution in [0.25, 0.3) is 0 Å². The van der Waals surface area contributed by atoms with Crippen LogP contribution in [0.4, 0.5) is 11.4 Å². The molecule has 2 aromatic carbocycles. The van der Waals surface area contributed by atoms with Crippen molar-refractivity contribution in [3.05, 3.63) is 53.6 Å². The van der Waals surface area contributed by atoms with Gasteiger partial charge in [-0.1, -0.05) is 29.8 Å². The number of anilines is 2. The van der Waals surface area contributed by atoms with Crippen molar-refractivity contribution in [1.29, 1.82) is 0 Å². The van der Waals surface area contributed by atoms with E-state index < -0.39 is 6.56 Å². The number of nitrogens with one attached hydrogen (secondary N) is 1. The molecule has 3 aliphatic heterocycles. The van der Waals surface area contributed by atoms with E-state index in [-0.39, 0.29) is 5.91 Å². The minimum Gasteiger partial charge on any atom is -0.494 e. The molecule has 28 heavy (non-hydrogen) atoms. The molecule has 0 unspecified atom stereocenters. The Morgan fingerprint density at radius 3 is 2.96 bits per heavy atom. The summed E-state index contributed by atoms with van der Waals surface area (Å²) in [5.74, 6) is 0.974. The second kappa shape index (κ2) is 7.13. The summed E-state index contributed by atoms with van der Waals surface area (Å²) in [7, 11) is 0. The number of piperidine rings is 1. The average Bonchev–Trinajstić information content (AvgIpc) is 3.03. The number of hydrogen-bond acceptors (Lipinski definition) is 4. The lowest BCUT2D eigenvalue weighted by Gasteiger charge is -2.39. The molecule has 5 heteroatoms. The Hall–Kier alpha value is -2.53. The molecule has 0 radical (unpaired) electrons. The fraction of sp³-hybridized carbons (Fsp3) is 0.435. The number of hydrogen-bond donors (Lipinski definition) is 1. The highest BCUT2D eigenvalue weighted by Crippen LogP contribution is 2.49. The SMILES string of the molecule is [2H]C([2H])(CCN1CC[C@H]2[C@@H](C1)c1cccc3c1N2CC(=O)N3)Oc1ccc(C)cc1. The van der Waals surface area contributed by atoms with Gasteiger partial charge in [0.05, 0.1) is 27.2 Å². The van der Waals surface area contributed by atoms with E-state index in [4.69, 9.17) is 7.48 Å². The Labute approximate surface area is 169 Å². The van der Waals surface area contributed by atoms with Gasteiger partial charge in [-0.15, -0.1) is 0 Å². The zero-order valence-corrected chi connectivity index (χ0v) is 16.1. The van der Waals surface area contributed by atoms with E-state index in [0.29, 0.717) is 37.2 Å². The van der Waals surface area contributed by atoms with Gasteiger partial charge in [0.15, 0.2) is 0 Å². The summed E-state index contributed by atoms with van der Waals surface area (Å²) in [5.41, 5.74) is 4.54. The Bertz CT molecular complexity index is 963. The third-order valence-corrected chi connectivity index (χ3v) is 6.14. The van der Waals surface area contributed by atoms with Crippen LogP contribution in [0.5, 0.6) is 5.75 Å². The van der Waals surface area contributed by atoms with E-state index in [2.05, 4.69) is 21.2 Å². The van der Waals surface area contributed by atoms with Gasteiger partial charge in [0, 0.05) is 31.6 Å². The molecule has 2 atom stereocenters. The Balaban J connectivity index is 1.25. The van der Waals surface area contributed by atoms with Crippen molar-refractivity contribution in [2.45, 2.75) is 31.7 Å². The van der Waals surface area contributed by atoms with Gasteiger partial charge in [0.2, 0.25) is 5.91 Å². The lowest BCUT2D eigenvalue weighted by molar-refractivity contribution is -0.115. The smallest absolute Gasteiger partial charge is 0.243 e. The number of benzene rings is 2. The highest BCUT2D eigenvalue weighted by molar-refractivity contribution is 6.03. The van der Waals surface area contributed by atoms with Crippen molar-refractivity contribution in [1.82, 2.24) is 4.90 Å². The van der Waals surface area contributed by atoms with E-state index >= 15 is 0 Å². The number of para-hydroxylation sites is 1. The molecule has 2 aromatic rings. The van der Waals surface area contributed by atoms with E-state index in [1.165, 1.54) is 11.3 Å². The van der Waals surface area contributed by atoms with Gasteiger partial charge < -0.3 is 19.9 Å². The molecule has 0 aromatic heterocycles. The predicted molar refractivity (Wildman–Crippen MR) is 111 cm³/mol. The first-order valence-corrected chi connectivity index (χ1v) is 10.1. The van der Waals surface area contributed by atoms with Gasteiger partial charge in [-0.2, -0.15) is 0 Å². The van der Waals surface area contributed by atoms with Crippen LogP contribution in [0.15, 0.2) is 42.5 Å². The minimum absolute atomic E-state index is 0.0594. The molecule has 5 nitrogen and oxygen atoms in total. The zero-order chi connectivity index (χ0) is 20.9. The van der Waals surface area contributed by atoms with Crippen LogP contribution in [0.3, 0.4) is 0 Å². The number of fused-ring (bicyclic) bond motifs is 3. The van der Waals surface area contributed by atoms with Crippen molar-refractivity contribution in [2.75, 3.05) is 43.0 Å². The first-order chi connectivity index (χ1) is 14.4. The minimum atomic E-state index is -1.71. The lowest BCUT2D eigenvalue weighted by atomic mass is 9.89. The number of likely N-dealkylation sites (tertiary alicyclic amines) is 1. The molecule has 1 saturated heterocycles. The molecule has 1 N–H and O–H groups in total. The standard InChI is InChI=1S/C23H27N3O2/c1-16-6-8-17(9-7-16)28-13-3-11-25-12-10-21-19(14-25)18-4-2-5-20-23(18)26(21)15-22(27)24-20/h2,4-9,19,21H,3,10-15H2,1H3,(H,24,27)/t19-,21-/m0/s1/i13D2. The highest BCUT2D eigenvalue weighted by Gasteiger charge is 2.44. The van der Waals surface area contributed by atoms with Crippen LogP contribution in [-0.2, 0) is 4.79 Å². The Morgan fingerprint density at radius 2 is 2.11 bits per heavy atom. The summed E-state index contributed by atoms with van der Waals surface area (Å²) >= 11 is 0. The summed E-state index contributed by atoms with van der Waals surface area (Å²) in [6.07, 6.45) is 1.29. The number of amides is 1. The van der Waals surface area contributed by atoms with Crippen molar-refractivity contribution in [2.24, 2.45) is 0 Å². The van der Waals surface area contributed by atoms with E-state index in [1.54, 1.807) is 0 Å². The largest absolute Gasteiger partial charge is 0.494 e. The molecule has 3 heterocycles. The predicted octanol–water partition coefficient (Wildman–Crippen LogP) is 3.39. The van der Waals surface area contributed by atoms with Crippen LogP contribution in [0, 0.1) is 6.92 Å². The summed E-state index contributed by atoms with van der Waals surface area (Å²) in [6, 6.07) is 14.0. The van der Waals surface area contributed by atoms with Crippen LogP contribution in [0.1, 0.15) is 32.6 Å². The molecule has 0 bridgehead atoms. The fourth-order valence-corrected chi connectivity index (χ4v) is 4.82. The van der Waals surface area contributed by atoms with Gasteiger partial charge in [-0.3, -0.25) is 4.79 Å². The summed E-state index contributed by atoms with van der Waals surface area (Å²) in [6.45, 7) is 3.15. The van der Waals surface area contributed by atoms with E-state index in [9.17, 15) is 4.79 Å². The first-order valence-electron chi connectivity index (χ1n) is 11.1. The monoisotopic (exact) mass is 379 g/mol. The number of carbonyl (C=O) groups excluding carboxylic acids is 1. The van der Waals surface area contributed by atoms with Gasteiger partial charge >= 0.3 is 0 Å². The normalized spacial score (nSPS) is 24.8. The van der Waals surface area contributed by atoms with Crippen molar-refractivity contribution >= 4 is 17.3 Å². The number of aryl methyl sites for hydroxylation is 1. The van der Waals surface area contributed by atoms with Crippen LogP contribution in [0.2, 0.25) is 0 Å². The van der Waals surface area contributed by atoms with Crippen molar-refractivity contribution in [3.8, 4) is 5.75 Å². The van der Waals surface area contributed by atoms with E-state index in [0.717, 1.165) is 30.8 Å². The second-order valence-corrected chi connectivity index (χ2v) is 7.99. The lowest BCUT2D eigenvalue weighted by Crippen LogP contribution is -2.49. The molecule has 3 aliphatic rings. The molecule has 0 saturated carbocycles. The van der Waals surface area contributed by atoms with Crippen LogP contribution in [-0.4, -0.2) is 49.6 Å². The highest BCUT2D eigenvalue weighted by atomic mass is 16.5. The Morgan fingerprint density at radius 1 is 1.25 bits per heavy atom. The molecule has 5 rings (SSSR count). The fourth-order valence-electron chi connectivity index (χ4n) is 4.82. The Kier molecular flexibility index (Phi) is 3.92. The third kappa shape index (κ3) is 3.14. The molecule has 146 valence electrons. The first kappa shape index (κ1) is 15.4. The second-order valence-electron chi connectivity index (χ2n) is 7.99. The molecular weight excluding hydrogens is 350 g/mol. The molecular formula is C23H27N3O2.